The molecule has 1 N–H and O–H groups in total. The van der Waals surface area contributed by atoms with Gasteiger partial charge in [-0.15, -0.1) is 0 Å². The van der Waals surface area contributed by atoms with E-state index in [4.69, 9.17) is 24.2 Å². The molecule has 0 amide bonds. The van der Waals surface area contributed by atoms with E-state index >= 15 is 0 Å². The van der Waals surface area contributed by atoms with Crippen molar-refractivity contribution in [2.24, 2.45) is 12.5 Å². The second-order valence-electron chi connectivity index (χ2n) is 15.3. The normalized spacial score (nSPS) is 12.9. The number of rotatable bonds is 13. The molecular weight excluding hydrogens is 583 g/mol. The fourth-order valence-electron chi connectivity index (χ4n) is 5.26. The SMILES string of the molecule is COc1cc(C(=O)OC(C)C)cc2nc(-c3cc4ccc(C(C)(C)NCCC(C)(C)C)nc4n3COCC[Si](C)(C)C)n(C)c12. The molecule has 0 radical (unpaired) electrons. The van der Waals surface area contributed by atoms with E-state index in [9.17, 15) is 4.79 Å². The van der Waals surface area contributed by atoms with Crippen LogP contribution >= 0.6 is 0 Å². The van der Waals surface area contributed by atoms with Gasteiger partial charge in [0, 0.05) is 27.1 Å². The van der Waals surface area contributed by atoms with Crippen LogP contribution in [0.3, 0.4) is 0 Å². The summed E-state index contributed by atoms with van der Waals surface area (Å²) in [5.41, 5.74) is 4.48. The summed E-state index contributed by atoms with van der Waals surface area (Å²) in [6.45, 7) is 23.8. The van der Waals surface area contributed by atoms with Crippen LogP contribution in [-0.2, 0) is 28.8 Å². The van der Waals surface area contributed by atoms with E-state index in [1.165, 1.54) is 0 Å². The van der Waals surface area contributed by atoms with Crippen LogP contribution in [0, 0.1) is 5.41 Å². The number of aromatic nitrogens is 4. The largest absolute Gasteiger partial charge is 0.494 e. The molecule has 3 heterocycles. The number of fused-ring (bicyclic) bond motifs is 2. The third kappa shape index (κ3) is 8.34. The van der Waals surface area contributed by atoms with Crippen LogP contribution in [0.15, 0.2) is 30.3 Å². The summed E-state index contributed by atoms with van der Waals surface area (Å²) in [7, 11) is 2.31. The maximum atomic E-state index is 12.8. The summed E-state index contributed by atoms with van der Waals surface area (Å²) in [4.78, 5) is 23.1. The lowest BCUT2D eigenvalue weighted by molar-refractivity contribution is 0.0377. The highest BCUT2D eigenvalue weighted by Gasteiger charge is 2.26. The number of imidazole rings is 1. The maximum absolute atomic E-state index is 12.8. The molecule has 0 atom stereocenters. The zero-order chi connectivity index (χ0) is 33.3. The van der Waals surface area contributed by atoms with Crippen molar-refractivity contribution in [3.05, 3.63) is 41.6 Å². The van der Waals surface area contributed by atoms with Crippen molar-refractivity contribution in [3.63, 3.8) is 0 Å². The average molecular weight is 636 g/mol. The second-order valence-corrected chi connectivity index (χ2v) is 20.9. The van der Waals surface area contributed by atoms with Crippen LogP contribution in [0.1, 0.15) is 70.9 Å². The minimum Gasteiger partial charge on any atom is -0.494 e. The fraction of sp³-hybridized carbons (Fsp3) is 0.571. The molecule has 1 aromatic carbocycles. The van der Waals surface area contributed by atoms with Crippen LogP contribution in [0.2, 0.25) is 25.7 Å². The predicted molar refractivity (Wildman–Crippen MR) is 186 cm³/mol. The first-order valence-corrected chi connectivity index (χ1v) is 19.7. The van der Waals surface area contributed by atoms with Crippen LogP contribution < -0.4 is 10.1 Å². The molecule has 0 spiro atoms. The second kappa shape index (κ2) is 13.3. The summed E-state index contributed by atoms with van der Waals surface area (Å²) < 4.78 is 21.7. The summed E-state index contributed by atoms with van der Waals surface area (Å²) in [5.74, 6) is 0.883. The lowest BCUT2D eigenvalue weighted by atomic mass is 9.91. The highest BCUT2D eigenvalue weighted by molar-refractivity contribution is 6.76. The van der Waals surface area contributed by atoms with E-state index in [-0.39, 0.29) is 17.1 Å². The van der Waals surface area contributed by atoms with Crippen molar-refractivity contribution in [1.82, 2.24) is 24.4 Å². The van der Waals surface area contributed by atoms with E-state index < -0.39 is 14.0 Å². The lowest BCUT2D eigenvalue weighted by Crippen LogP contribution is -2.39. The highest BCUT2D eigenvalue weighted by atomic mass is 28.3. The van der Waals surface area contributed by atoms with Gasteiger partial charge >= 0.3 is 5.97 Å². The summed E-state index contributed by atoms with van der Waals surface area (Å²) in [6.07, 6.45) is 0.836. The van der Waals surface area contributed by atoms with E-state index in [1.807, 2.05) is 25.5 Å². The Bertz CT molecular complexity index is 1660. The highest BCUT2D eigenvalue weighted by Crippen LogP contribution is 2.35. The Morgan fingerprint density at radius 3 is 2.38 bits per heavy atom. The number of aryl methyl sites for hydroxylation is 1. The molecule has 3 aromatic heterocycles. The Morgan fingerprint density at radius 2 is 1.76 bits per heavy atom. The number of benzene rings is 1. The van der Waals surface area contributed by atoms with Gasteiger partial charge in [-0.1, -0.05) is 40.4 Å². The molecule has 246 valence electrons. The minimum absolute atomic E-state index is 0.230. The number of hydrogen-bond acceptors (Lipinski definition) is 7. The number of ether oxygens (including phenoxy) is 3. The first kappa shape index (κ1) is 34.7. The van der Waals surface area contributed by atoms with E-state index in [1.54, 1.807) is 19.2 Å². The first-order chi connectivity index (χ1) is 20.9. The molecule has 0 bridgehead atoms. The monoisotopic (exact) mass is 635 g/mol. The molecule has 45 heavy (non-hydrogen) atoms. The number of esters is 1. The van der Waals surface area contributed by atoms with Crippen LogP contribution in [-0.4, -0.2) is 59.5 Å². The average Bonchev–Trinajstić information content (AvgIpc) is 3.45. The topological polar surface area (TPSA) is 92.4 Å². The van der Waals surface area contributed by atoms with Gasteiger partial charge < -0.3 is 24.1 Å². The van der Waals surface area contributed by atoms with Crippen LogP contribution in [0.25, 0.3) is 33.6 Å². The Morgan fingerprint density at radius 1 is 1.04 bits per heavy atom. The number of nitrogens with one attached hydrogen (secondary N) is 1. The smallest absolute Gasteiger partial charge is 0.338 e. The fourth-order valence-corrected chi connectivity index (χ4v) is 6.02. The molecule has 0 unspecified atom stereocenters. The standard InChI is InChI=1S/C35H53N5O4Si/c1-23(2)44-33(41)25-19-26-30(28(21-25)42-9)39(8)32(37-26)27-20-24-13-14-29(35(6,7)36-16-15-34(3,4)5)38-31(24)40(27)22-43-17-18-45(10,11)12/h13-14,19-21,23,36H,15-18,22H2,1-12H3. The van der Waals surface area contributed by atoms with Crippen molar-refractivity contribution < 1.29 is 19.0 Å². The van der Waals surface area contributed by atoms with Gasteiger partial charge in [-0.3, -0.25) is 4.57 Å². The quantitative estimate of drug-likeness (QED) is 0.0913. The molecule has 0 aliphatic rings. The Balaban J connectivity index is 1.82. The molecule has 0 aliphatic carbocycles. The van der Waals surface area contributed by atoms with Crippen molar-refractivity contribution in [2.75, 3.05) is 20.3 Å². The van der Waals surface area contributed by atoms with Crippen molar-refractivity contribution in [2.45, 2.75) is 98.9 Å². The van der Waals surface area contributed by atoms with Gasteiger partial charge in [-0.25, -0.2) is 14.8 Å². The molecule has 0 saturated heterocycles. The van der Waals surface area contributed by atoms with Crippen molar-refractivity contribution in [3.8, 4) is 17.3 Å². The molecular formula is C35H53N5O4Si. The number of carbonyl (C=O) groups excluding carboxylic acids is 1. The summed E-state index contributed by atoms with van der Waals surface area (Å²) >= 11 is 0. The van der Waals surface area contributed by atoms with E-state index in [0.29, 0.717) is 30.2 Å². The zero-order valence-corrected chi connectivity index (χ0v) is 30.4. The summed E-state index contributed by atoms with van der Waals surface area (Å²) in [5, 5.41) is 4.73. The number of pyridine rings is 1. The zero-order valence-electron chi connectivity index (χ0n) is 29.4. The van der Waals surface area contributed by atoms with Crippen molar-refractivity contribution >= 4 is 36.1 Å². The number of hydrogen-bond donors (Lipinski definition) is 1. The number of methoxy groups -OCH3 is 1. The molecule has 0 fully saturated rings. The molecule has 0 aliphatic heterocycles. The van der Waals surface area contributed by atoms with Gasteiger partial charge in [0.25, 0.3) is 0 Å². The van der Waals surface area contributed by atoms with Crippen LogP contribution in [0.5, 0.6) is 5.75 Å². The van der Waals surface area contributed by atoms with Gasteiger partial charge in [0.1, 0.15) is 23.6 Å². The van der Waals surface area contributed by atoms with Crippen LogP contribution in [0.4, 0.5) is 0 Å². The lowest BCUT2D eigenvalue weighted by Gasteiger charge is -2.28. The minimum atomic E-state index is -1.26. The first-order valence-electron chi connectivity index (χ1n) is 16.0. The van der Waals surface area contributed by atoms with Crippen molar-refractivity contribution in [1.29, 1.82) is 0 Å². The molecule has 4 rings (SSSR count). The van der Waals surface area contributed by atoms with Gasteiger partial charge in [-0.05, 0) is 82.5 Å². The Labute approximate surface area is 269 Å². The van der Waals surface area contributed by atoms with Gasteiger partial charge in [-0.2, -0.15) is 0 Å². The van der Waals surface area contributed by atoms with Gasteiger partial charge in [0.15, 0.2) is 5.82 Å². The van der Waals surface area contributed by atoms with Gasteiger partial charge in [0.2, 0.25) is 0 Å². The Hall–Kier alpha value is -3.21. The number of nitrogens with zero attached hydrogens (tertiary/aromatic N) is 4. The molecule has 9 nitrogen and oxygen atoms in total. The maximum Gasteiger partial charge on any atom is 0.338 e. The summed E-state index contributed by atoms with van der Waals surface area (Å²) in [6, 6.07) is 10.9. The molecule has 10 heteroatoms. The third-order valence-electron chi connectivity index (χ3n) is 8.00. The predicted octanol–water partition coefficient (Wildman–Crippen LogP) is 7.74. The molecule has 0 saturated carbocycles. The van der Waals surface area contributed by atoms with E-state index in [2.05, 4.69) is 82.3 Å². The van der Waals surface area contributed by atoms with E-state index in [0.717, 1.165) is 52.8 Å². The van der Waals surface area contributed by atoms with Gasteiger partial charge in [0.05, 0.1) is 41.2 Å². The molecule has 4 aromatic rings. The number of carbonyl (C=O) groups is 1. The Kier molecular flexibility index (Phi) is 10.2. The third-order valence-corrected chi connectivity index (χ3v) is 9.71.